The van der Waals surface area contributed by atoms with Gasteiger partial charge < -0.3 is 4.57 Å². The minimum atomic E-state index is 1.18. The molecule has 3 heteroatoms. The summed E-state index contributed by atoms with van der Waals surface area (Å²) >= 11 is 3.76. The van der Waals surface area contributed by atoms with E-state index in [2.05, 4.69) is 144 Å². The predicted octanol–water partition coefficient (Wildman–Crippen LogP) is 12.3. The van der Waals surface area contributed by atoms with Crippen molar-refractivity contribution in [1.82, 2.24) is 4.57 Å². The Morgan fingerprint density at radius 3 is 1.86 bits per heavy atom. The van der Waals surface area contributed by atoms with Crippen molar-refractivity contribution in [3.05, 3.63) is 140 Å². The molecule has 0 fully saturated rings. The van der Waals surface area contributed by atoms with E-state index >= 15 is 0 Å². The first-order valence-corrected chi connectivity index (χ1v) is 16.2. The molecule has 10 rings (SSSR count). The van der Waals surface area contributed by atoms with Crippen LogP contribution in [0.4, 0.5) is 0 Å². The monoisotopic (exact) mass is 581 g/mol. The molecule has 0 bridgehead atoms. The largest absolute Gasteiger partial charge is 0.309 e. The second-order valence-electron chi connectivity index (χ2n) is 11.3. The molecule has 0 atom stereocenters. The minimum Gasteiger partial charge on any atom is -0.309 e. The molecule has 0 saturated carbocycles. The first-order chi connectivity index (χ1) is 21.3. The van der Waals surface area contributed by atoms with Crippen molar-refractivity contribution in [3.63, 3.8) is 0 Å². The van der Waals surface area contributed by atoms with Crippen LogP contribution in [0.1, 0.15) is 0 Å². The molecule has 0 N–H and O–H groups in total. The lowest BCUT2D eigenvalue weighted by Crippen LogP contribution is -1.94. The van der Waals surface area contributed by atoms with Crippen molar-refractivity contribution < 1.29 is 0 Å². The first kappa shape index (κ1) is 23.6. The van der Waals surface area contributed by atoms with Crippen molar-refractivity contribution in [2.45, 2.75) is 0 Å². The van der Waals surface area contributed by atoms with Gasteiger partial charge in [0.2, 0.25) is 0 Å². The van der Waals surface area contributed by atoms with Gasteiger partial charge in [-0.3, -0.25) is 0 Å². The molecule has 0 unspecified atom stereocenters. The van der Waals surface area contributed by atoms with Gasteiger partial charge >= 0.3 is 0 Å². The maximum absolute atomic E-state index is 2.47. The van der Waals surface area contributed by atoms with E-state index in [1.54, 1.807) is 0 Å². The van der Waals surface area contributed by atoms with Gasteiger partial charge in [-0.05, 0) is 76.5 Å². The number of benzene rings is 7. The van der Waals surface area contributed by atoms with E-state index in [1.165, 1.54) is 89.7 Å². The van der Waals surface area contributed by atoms with Gasteiger partial charge in [0, 0.05) is 56.8 Å². The van der Waals surface area contributed by atoms with Crippen LogP contribution in [0.15, 0.2) is 140 Å². The summed E-state index contributed by atoms with van der Waals surface area (Å²) in [7, 11) is 0. The quantitative estimate of drug-likeness (QED) is 0.191. The standard InChI is InChI=1S/C40H23NS2/c1-2-9-26-21-34-31(20-25(26)8-1)32-23-39-33(29-10-3-5-13-36(29)43-39)22-35(32)41(34)27-18-16-24(17-19-27)28-12-7-15-38-40(28)30-11-4-6-14-37(30)42-38/h1-23H. The number of hydrogen-bond donors (Lipinski definition) is 0. The van der Waals surface area contributed by atoms with E-state index in [9.17, 15) is 0 Å². The summed E-state index contributed by atoms with van der Waals surface area (Å²) in [5.41, 5.74) is 6.21. The van der Waals surface area contributed by atoms with Crippen LogP contribution in [0.2, 0.25) is 0 Å². The Bertz CT molecular complexity index is 2720. The molecule has 7 aromatic carbocycles. The molecule has 200 valence electrons. The highest BCUT2D eigenvalue weighted by Crippen LogP contribution is 2.43. The molecular formula is C40H23NS2. The van der Waals surface area contributed by atoms with Gasteiger partial charge in [-0.25, -0.2) is 0 Å². The molecule has 0 aliphatic heterocycles. The van der Waals surface area contributed by atoms with E-state index < -0.39 is 0 Å². The van der Waals surface area contributed by atoms with Crippen molar-refractivity contribution in [1.29, 1.82) is 0 Å². The van der Waals surface area contributed by atoms with Crippen LogP contribution < -0.4 is 0 Å². The van der Waals surface area contributed by atoms with Gasteiger partial charge in [-0.15, -0.1) is 22.7 Å². The minimum absolute atomic E-state index is 1.18. The van der Waals surface area contributed by atoms with E-state index in [-0.39, 0.29) is 0 Å². The summed E-state index contributed by atoms with van der Waals surface area (Å²) < 4.78 is 7.82. The number of thiophene rings is 2. The summed E-state index contributed by atoms with van der Waals surface area (Å²) in [4.78, 5) is 0. The molecule has 10 aromatic rings. The molecule has 3 heterocycles. The summed E-state index contributed by atoms with van der Waals surface area (Å²) in [5, 5.41) is 10.5. The number of nitrogens with zero attached hydrogens (tertiary/aromatic N) is 1. The van der Waals surface area contributed by atoms with Crippen LogP contribution in [-0.4, -0.2) is 4.57 Å². The second-order valence-corrected chi connectivity index (χ2v) is 13.5. The zero-order valence-electron chi connectivity index (χ0n) is 23.0. The lowest BCUT2D eigenvalue weighted by molar-refractivity contribution is 1.18. The summed E-state index contributed by atoms with van der Waals surface area (Å²) in [5.74, 6) is 0. The maximum atomic E-state index is 2.47. The third-order valence-corrected chi connectivity index (χ3v) is 11.2. The fraction of sp³-hybridized carbons (Fsp3) is 0. The van der Waals surface area contributed by atoms with E-state index in [4.69, 9.17) is 0 Å². The fourth-order valence-electron chi connectivity index (χ4n) is 7.00. The molecule has 3 aromatic heterocycles. The van der Waals surface area contributed by atoms with Crippen LogP contribution >= 0.6 is 22.7 Å². The Morgan fingerprint density at radius 2 is 1.02 bits per heavy atom. The van der Waals surface area contributed by atoms with Gasteiger partial charge in [0.15, 0.2) is 0 Å². The zero-order chi connectivity index (χ0) is 28.1. The van der Waals surface area contributed by atoms with Crippen LogP contribution in [0.25, 0.3) is 89.7 Å². The SMILES string of the molecule is c1ccc2cc3c(cc2c1)c1cc2sc4ccccc4c2cc1n3-c1ccc(-c2cccc3sc4ccccc4c23)cc1. The van der Waals surface area contributed by atoms with Gasteiger partial charge in [0.1, 0.15) is 0 Å². The van der Waals surface area contributed by atoms with Gasteiger partial charge in [0.25, 0.3) is 0 Å². The third-order valence-electron chi connectivity index (χ3n) is 8.97. The maximum Gasteiger partial charge on any atom is 0.0548 e. The van der Waals surface area contributed by atoms with E-state index in [0.29, 0.717) is 0 Å². The Kier molecular flexibility index (Phi) is 4.81. The van der Waals surface area contributed by atoms with Crippen molar-refractivity contribution in [3.8, 4) is 16.8 Å². The first-order valence-electron chi connectivity index (χ1n) is 14.6. The summed E-state index contributed by atoms with van der Waals surface area (Å²) in [6.45, 7) is 0. The van der Waals surface area contributed by atoms with Crippen molar-refractivity contribution >= 4 is 95.6 Å². The number of hydrogen-bond acceptors (Lipinski definition) is 2. The molecule has 0 saturated heterocycles. The molecule has 0 aliphatic carbocycles. The fourth-order valence-corrected chi connectivity index (χ4v) is 9.26. The highest BCUT2D eigenvalue weighted by Gasteiger charge is 2.17. The average Bonchev–Trinajstić information content (AvgIpc) is 3.71. The highest BCUT2D eigenvalue weighted by molar-refractivity contribution is 7.26. The molecule has 0 amide bonds. The van der Waals surface area contributed by atoms with Crippen LogP contribution in [-0.2, 0) is 0 Å². The molecule has 0 spiro atoms. The normalized spacial score (nSPS) is 12.2. The number of aromatic nitrogens is 1. The Balaban J connectivity index is 1.24. The lowest BCUT2D eigenvalue weighted by atomic mass is 9.99. The highest BCUT2D eigenvalue weighted by atomic mass is 32.1. The van der Waals surface area contributed by atoms with Gasteiger partial charge in [-0.2, -0.15) is 0 Å². The molecule has 1 nitrogen and oxygen atoms in total. The Labute approximate surface area is 255 Å². The summed E-state index contributed by atoms with van der Waals surface area (Å²) in [6.07, 6.45) is 0. The van der Waals surface area contributed by atoms with Gasteiger partial charge in [-0.1, -0.05) is 84.9 Å². The predicted molar refractivity (Wildman–Crippen MR) is 190 cm³/mol. The van der Waals surface area contributed by atoms with E-state index in [0.717, 1.165) is 0 Å². The molecular weight excluding hydrogens is 559 g/mol. The second kappa shape index (κ2) is 8.78. The Hall–Kier alpha value is -4.96. The zero-order valence-corrected chi connectivity index (χ0v) is 24.7. The molecule has 43 heavy (non-hydrogen) atoms. The van der Waals surface area contributed by atoms with Crippen LogP contribution in [0, 0.1) is 0 Å². The molecule has 0 radical (unpaired) electrons. The van der Waals surface area contributed by atoms with Crippen LogP contribution in [0.5, 0.6) is 0 Å². The lowest BCUT2D eigenvalue weighted by Gasteiger charge is -2.11. The smallest absolute Gasteiger partial charge is 0.0548 e. The van der Waals surface area contributed by atoms with Gasteiger partial charge in [0.05, 0.1) is 11.0 Å². The number of rotatable bonds is 2. The third kappa shape index (κ3) is 3.38. The summed E-state index contributed by atoms with van der Waals surface area (Å²) in [6, 6.07) is 51.7. The van der Waals surface area contributed by atoms with Crippen LogP contribution in [0.3, 0.4) is 0 Å². The average molecular weight is 582 g/mol. The van der Waals surface area contributed by atoms with E-state index in [1.807, 2.05) is 22.7 Å². The number of fused-ring (bicyclic) bond motifs is 10. The van der Waals surface area contributed by atoms with Crippen molar-refractivity contribution in [2.75, 3.05) is 0 Å². The van der Waals surface area contributed by atoms with Crippen molar-refractivity contribution in [2.24, 2.45) is 0 Å². The molecule has 0 aliphatic rings. The topological polar surface area (TPSA) is 4.93 Å². The Morgan fingerprint density at radius 1 is 0.395 bits per heavy atom.